The third kappa shape index (κ3) is 5.11. The van der Waals surface area contributed by atoms with E-state index in [1.807, 2.05) is 26.0 Å². The molecule has 1 aromatic carbocycles. The quantitative estimate of drug-likeness (QED) is 0.782. The summed E-state index contributed by atoms with van der Waals surface area (Å²) < 4.78 is 11.7. The number of nitrogens with two attached hydrogens (primary N) is 1. The smallest absolute Gasteiger partial charge is 0.161 e. The fourth-order valence-corrected chi connectivity index (χ4v) is 2.05. The van der Waals surface area contributed by atoms with Gasteiger partial charge in [0.15, 0.2) is 11.5 Å². The van der Waals surface area contributed by atoms with Crippen molar-refractivity contribution in [1.29, 1.82) is 0 Å². The molecule has 0 spiro atoms. The molecule has 1 unspecified atom stereocenters. The van der Waals surface area contributed by atoms with Gasteiger partial charge in [-0.05, 0) is 50.8 Å². The molecule has 0 aliphatic heterocycles. The van der Waals surface area contributed by atoms with E-state index in [-0.39, 0.29) is 12.1 Å². The number of benzene rings is 1. The Morgan fingerprint density at radius 2 is 1.79 bits per heavy atom. The van der Waals surface area contributed by atoms with Gasteiger partial charge in [0.25, 0.3) is 0 Å². The van der Waals surface area contributed by atoms with E-state index in [0.29, 0.717) is 6.61 Å². The highest BCUT2D eigenvalue weighted by atomic mass is 16.5. The van der Waals surface area contributed by atoms with Crippen molar-refractivity contribution in [3.05, 3.63) is 23.8 Å². The van der Waals surface area contributed by atoms with Crippen LogP contribution in [0.3, 0.4) is 0 Å². The van der Waals surface area contributed by atoms with Crippen molar-refractivity contribution >= 4 is 0 Å². The predicted molar refractivity (Wildman–Crippen MR) is 80.0 cm³/mol. The van der Waals surface area contributed by atoms with Crippen LogP contribution in [-0.4, -0.2) is 18.8 Å². The lowest BCUT2D eigenvalue weighted by Gasteiger charge is -2.19. The summed E-state index contributed by atoms with van der Waals surface area (Å²) in [5.74, 6) is 1.66. The van der Waals surface area contributed by atoms with Crippen LogP contribution in [0, 0.1) is 0 Å². The summed E-state index contributed by atoms with van der Waals surface area (Å²) in [5.41, 5.74) is 7.03. The molecule has 2 N–H and O–H groups in total. The SMILES string of the molecule is CCOc1cc(CC(C)N)ccc1OC(CC)CC. The van der Waals surface area contributed by atoms with Gasteiger partial charge >= 0.3 is 0 Å². The molecule has 0 amide bonds. The monoisotopic (exact) mass is 265 g/mol. The summed E-state index contributed by atoms with van der Waals surface area (Å²) in [5, 5.41) is 0. The first-order valence-electron chi connectivity index (χ1n) is 7.28. The van der Waals surface area contributed by atoms with Crippen LogP contribution in [0.2, 0.25) is 0 Å². The Balaban J connectivity index is 2.90. The highest BCUT2D eigenvalue weighted by Gasteiger charge is 2.11. The summed E-state index contributed by atoms with van der Waals surface area (Å²) in [4.78, 5) is 0. The van der Waals surface area contributed by atoms with Gasteiger partial charge in [0.2, 0.25) is 0 Å². The zero-order valence-corrected chi connectivity index (χ0v) is 12.6. The Bertz CT molecular complexity index is 373. The second-order valence-corrected chi connectivity index (χ2v) is 4.95. The number of ether oxygens (including phenoxy) is 2. The van der Waals surface area contributed by atoms with E-state index in [4.69, 9.17) is 15.2 Å². The maximum absolute atomic E-state index is 6.00. The molecule has 0 fully saturated rings. The van der Waals surface area contributed by atoms with E-state index in [9.17, 15) is 0 Å². The van der Waals surface area contributed by atoms with Gasteiger partial charge in [-0.1, -0.05) is 19.9 Å². The molecular weight excluding hydrogens is 238 g/mol. The van der Waals surface area contributed by atoms with Crippen molar-refractivity contribution in [2.24, 2.45) is 5.73 Å². The highest BCUT2D eigenvalue weighted by Crippen LogP contribution is 2.30. The van der Waals surface area contributed by atoms with Gasteiger partial charge < -0.3 is 15.2 Å². The van der Waals surface area contributed by atoms with Crippen molar-refractivity contribution in [1.82, 2.24) is 0 Å². The first-order valence-corrected chi connectivity index (χ1v) is 7.28. The molecule has 0 heterocycles. The Kier molecular flexibility index (Phi) is 6.71. The topological polar surface area (TPSA) is 44.5 Å². The molecule has 108 valence electrons. The highest BCUT2D eigenvalue weighted by molar-refractivity contribution is 5.43. The van der Waals surface area contributed by atoms with Gasteiger partial charge in [-0.25, -0.2) is 0 Å². The molecule has 0 saturated heterocycles. The second kappa shape index (κ2) is 8.05. The lowest BCUT2D eigenvalue weighted by Crippen LogP contribution is -2.18. The zero-order valence-electron chi connectivity index (χ0n) is 12.6. The van der Waals surface area contributed by atoms with Crippen LogP contribution in [0.5, 0.6) is 11.5 Å². The summed E-state index contributed by atoms with van der Waals surface area (Å²) in [7, 11) is 0. The second-order valence-electron chi connectivity index (χ2n) is 4.95. The van der Waals surface area contributed by atoms with Crippen LogP contribution >= 0.6 is 0 Å². The van der Waals surface area contributed by atoms with Gasteiger partial charge in [0.05, 0.1) is 12.7 Å². The van der Waals surface area contributed by atoms with Crippen LogP contribution in [0.25, 0.3) is 0 Å². The summed E-state index contributed by atoms with van der Waals surface area (Å²) >= 11 is 0. The molecule has 19 heavy (non-hydrogen) atoms. The van der Waals surface area contributed by atoms with Crippen molar-refractivity contribution in [3.63, 3.8) is 0 Å². The normalized spacial score (nSPS) is 12.5. The average molecular weight is 265 g/mol. The third-order valence-corrected chi connectivity index (χ3v) is 3.07. The van der Waals surface area contributed by atoms with Crippen molar-refractivity contribution in [2.45, 2.75) is 59.1 Å². The van der Waals surface area contributed by atoms with E-state index in [2.05, 4.69) is 19.9 Å². The minimum atomic E-state index is 0.153. The van der Waals surface area contributed by atoms with Gasteiger partial charge in [-0.3, -0.25) is 0 Å². The van der Waals surface area contributed by atoms with E-state index < -0.39 is 0 Å². The maximum atomic E-state index is 6.00. The number of hydrogen-bond acceptors (Lipinski definition) is 3. The predicted octanol–water partition coefficient (Wildman–Crippen LogP) is 3.54. The van der Waals surface area contributed by atoms with Crippen molar-refractivity contribution < 1.29 is 9.47 Å². The first kappa shape index (κ1) is 15.8. The zero-order chi connectivity index (χ0) is 14.3. The fourth-order valence-electron chi connectivity index (χ4n) is 2.05. The molecule has 1 rings (SSSR count). The molecule has 0 bridgehead atoms. The molecule has 1 atom stereocenters. The molecule has 0 aliphatic rings. The van der Waals surface area contributed by atoms with Gasteiger partial charge in [-0.2, -0.15) is 0 Å². The van der Waals surface area contributed by atoms with Crippen LogP contribution in [0.1, 0.15) is 46.1 Å². The molecule has 0 saturated carbocycles. The molecule has 3 nitrogen and oxygen atoms in total. The fraction of sp³-hybridized carbons (Fsp3) is 0.625. The van der Waals surface area contributed by atoms with Gasteiger partial charge in [0.1, 0.15) is 0 Å². The van der Waals surface area contributed by atoms with Crippen molar-refractivity contribution in [3.8, 4) is 11.5 Å². The molecule has 0 aromatic heterocycles. The lowest BCUT2D eigenvalue weighted by atomic mass is 10.1. The minimum absolute atomic E-state index is 0.153. The van der Waals surface area contributed by atoms with Gasteiger partial charge in [-0.15, -0.1) is 0 Å². The van der Waals surface area contributed by atoms with Crippen LogP contribution in [0.15, 0.2) is 18.2 Å². The lowest BCUT2D eigenvalue weighted by molar-refractivity contribution is 0.182. The Morgan fingerprint density at radius 1 is 1.11 bits per heavy atom. The summed E-state index contributed by atoms with van der Waals surface area (Å²) in [6.07, 6.45) is 3.11. The molecule has 0 aliphatic carbocycles. The summed E-state index contributed by atoms with van der Waals surface area (Å²) in [6, 6.07) is 6.27. The molecule has 0 radical (unpaired) electrons. The van der Waals surface area contributed by atoms with Crippen LogP contribution < -0.4 is 15.2 Å². The van der Waals surface area contributed by atoms with E-state index >= 15 is 0 Å². The Hall–Kier alpha value is -1.22. The Labute approximate surface area is 117 Å². The van der Waals surface area contributed by atoms with Gasteiger partial charge in [0, 0.05) is 6.04 Å². The molecular formula is C16H27NO2. The van der Waals surface area contributed by atoms with E-state index in [1.54, 1.807) is 0 Å². The number of rotatable bonds is 8. The number of hydrogen-bond donors (Lipinski definition) is 1. The van der Waals surface area contributed by atoms with Crippen LogP contribution in [-0.2, 0) is 6.42 Å². The van der Waals surface area contributed by atoms with E-state index in [0.717, 1.165) is 30.8 Å². The minimum Gasteiger partial charge on any atom is -0.490 e. The first-order chi connectivity index (χ1) is 9.10. The van der Waals surface area contributed by atoms with E-state index in [1.165, 1.54) is 5.56 Å². The maximum Gasteiger partial charge on any atom is 0.161 e. The standard InChI is InChI=1S/C16H27NO2/c1-5-14(6-2)19-15-9-8-13(10-12(4)17)11-16(15)18-7-3/h8-9,11-12,14H,5-7,10,17H2,1-4H3. The molecule has 3 heteroatoms. The Morgan fingerprint density at radius 3 is 2.32 bits per heavy atom. The largest absolute Gasteiger partial charge is 0.490 e. The van der Waals surface area contributed by atoms with Crippen LogP contribution in [0.4, 0.5) is 0 Å². The molecule has 1 aromatic rings. The third-order valence-electron chi connectivity index (χ3n) is 3.07. The average Bonchev–Trinajstić information content (AvgIpc) is 2.37. The van der Waals surface area contributed by atoms with Crippen molar-refractivity contribution in [2.75, 3.05) is 6.61 Å². The summed E-state index contributed by atoms with van der Waals surface area (Å²) in [6.45, 7) is 8.91.